The van der Waals surface area contributed by atoms with Gasteiger partial charge in [-0.25, -0.2) is 0 Å². The first kappa shape index (κ1) is 7.22. The molecule has 0 unspecified atom stereocenters. The lowest BCUT2D eigenvalue weighted by molar-refractivity contribution is -0.113. The first-order chi connectivity index (χ1) is 4.84. The minimum Gasteiger partial charge on any atom is -0.381 e. The van der Waals surface area contributed by atoms with Gasteiger partial charge in [0.05, 0.1) is 0 Å². The summed E-state index contributed by atoms with van der Waals surface area (Å²) < 4.78 is 0. The van der Waals surface area contributed by atoms with E-state index in [2.05, 4.69) is 0 Å². The van der Waals surface area contributed by atoms with Gasteiger partial charge < -0.3 is 9.90 Å². The highest BCUT2D eigenvalue weighted by Crippen LogP contribution is 2.11. The summed E-state index contributed by atoms with van der Waals surface area (Å²) in [4.78, 5) is 10.1. The number of hydrogen-bond acceptors (Lipinski definition) is 2. The summed E-state index contributed by atoms with van der Waals surface area (Å²) in [6, 6.07) is 0. The van der Waals surface area contributed by atoms with Crippen molar-refractivity contribution in [2.24, 2.45) is 0 Å². The van der Waals surface area contributed by atoms with E-state index in [1.54, 1.807) is 6.08 Å². The summed E-state index contributed by atoms with van der Waals surface area (Å²) in [5.74, 6) is 0. The molecule has 0 aliphatic heterocycles. The molecule has 0 radical (unpaired) electrons. The van der Waals surface area contributed by atoms with Crippen LogP contribution in [0.2, 0.25) is 0 Å². The highest BCUT2D eigenvalue weighted by Gasteiger charge is 2.06. The number of hydrogen-bond donors (Lipinski definition) is 1. The number of rotatable bonds is 2. The number of carbonyl (C=O) groups is 1. The summed E-state index contributed by atoms with van der Waals surface area (Å²) in [6.45, 7) is 0. The second kappa shape index (κ2) is 3.32. The predicted molar refractivity (Wildman–Crippen MR) is 38.5 cm³/mol. The Morgan fingerprint density at radius 3 is 2.90 bits per heavy atom. The minimum absolute atomic E-state index is 0.543. The monoisotopic (exact) mass is 138 g/mol. The van der Waals surface area contributed by atoms with Crippen molar-refractivity contribution in [3.63, 3.8) is 0 Å². The van der Waals surface area contributed by atoms with Crippen molar-refractivity contribution >= 4 is 6.29 Å². The molecule has 10 heavy (non-hydrogen) atoms. The fraction of sp³-hybridized carbons (Fsp3) is 0.375. The van der Waals surface area contributed by atoms with Crippen LogP contribution in [-0.4, -0.2) is 17.5 Å². The Bertz CT molecular complexity index is 180. The van der Waals surface area contributed by atoms with Gasteiger partial charge in [0.15, 0.2) is 6.29 Å². The maximum Gasteiger partial charge on any atom is 0.153 e. The number of carbonyl (C=O) groups excluding carboxylic acids is 1. The molecule has 1 aliphatic carbocycles. The molecule has 1 N–H and O–H groups in total. The molecule has 0 bridgehead atoms. The van der Waals surface area contributed by atoms with Crippen LogP contribution in [0.25, 0.3) is 0 Å². The van der Waals surface area contributed by atoms with Gasteiger partial charge in [-0.15, -0.1) is 0 Å². The lowest BCUT2D eigenvalue weighted by atomic mass is 10.0. The molecule has 2 nitrogen and oxygen atoms in total. The number of aliphatic hydroxyl groups excluding tert-OH is 1. The molecule has 1 aliphatic rings. The molecule has 0 saturated heterocycles. The molecule has 0 spiro atoms. The van der Waals surface area contributed by atoms with Crippen LogP contribution in [0.3, 0.4) is 0 Å². The van der Waals surface area contributed by atoms with E-state index in [1.165, 1.54) is 0 Å². The van der Waals surface area contributed by atoms with E-state index in [0.29, 0.717) is 6.29 Å². The fourth-order valence-electron chi connectivity index (χ4n) is 0.932. The molecule has 0 aromatic carbocycles. The lowest BCUT2D eigenvalue weighted by Gasteiger charge is -2.07. The molecular weight excluding hydrogens is 128 g/mol. The average molecular weight is 138 g/mol. The molecule has 0 aromatic heterocycles. The van der Waals surface area contributed by atoms with Gasteiger partial charge in [0.1, 0.15) is 6.10 Å². The largest absolute Gasteiger partial charge is 0.381 e. The molecule has 1 rings (SSSR count). The van der Waals surface area contributed by atoms with Gasteiger partial charge in [0, 0.05) is 0 Å². The van der Waals surface area contributed by atoms with Crippen molar-refractivity contribution in [2.75, 3.05) is 0 Å². The third kappa shape index (κ3) is 1.54. The van der Waals surface area contributed by atoms with Crippen molar-refractivity contribution in [1.82, 2.24) is 0 Å². The van der Waals surface area contributed by atoms with Crippen LogP contribution < -0.4 is 0 Å². The molecular formula is C8H10O2. The maximum atomic E-state index is 10.1. The van der Waals surface area contributed by atoms with Crippen molar-refractivity contribution < 1.29 is 9.90 Å². The quantitative estimate of drug-likeness (QED) is 0.574. The Hall–Kier alpha value is -0.890. The maximum absolute atomic E-state index is 10.1. The summed E-state index contributed by atoms with van der Waals surface area (Å²) in [5, 5.41) is 9.00. The predicted octanol–water partition coefficient (Wildman–Crippen LogP) is 0.823. The highest BCUT2D eigenvalue weighted by molar-refractivity contribution is 5.63. The van der Waals surface area contributed by atoms with E-state index >= 15 is 0 Å². The van der Waals surface area contributed by atoms with Crippen LogP contribution in [0.1, 0.15) is 12.8 Å². The first-order valence-electron chi connectivity index (χ1n) is 3.34. The number of aliphatic hydroxyl groups is 1. The van der Waals surface area contributed by atoms with E-state index in [-0.39, 0.29) is 0 Å². The summed E-state index contributed by atoms with van der Waals surface area (Å²) >= 11 is 0. The van der Waals surface area contributed by atoms with Gasteiger partial charge in [-0.1, -0.05) is 18.2 Å². The second-order valence-corrected chi connectivity index (χ2v) is 2.26. The zero-order valence-electron chi connectivity index (χ0n) is 5.66. The second-order valence-electron chi connectivity index (χ2n) is 2.26. The van der Waals surface area contributed by atoms with Crippen LogP contribution in [0.15, 0.2) is 23.8 Å². The SMILES string of the molecule is O=C[C@@H](O)C1=CCCC=C1. The van der Waals surface area contributed by atoms with Crippen molar-refractivity contribution in [2.45, 2.75) is 18.9 Å². The van der Waals surface area contributed by atoms with Gasteiger partial charge in [0.25, 0.3) is 0 Å². The fourth-order valence-corrected chi connectivity index (χ4v) is 0.932. The van der Waals surface area contributed by atoms with Gasteiger partial charge >= 0.3 is 0 Å². The Labute approximate surface area is 59.9 Å². The van der Waals surface area contributed by atoms with Crippen molar-refractivity contribution in [3.8, 4) is 0 Å². The molecule has 1 atom stereocenters. The van der Waals surface area contributed by atoms with Crippen LogP contribution >= 0.6 is 0 Å². The van der Waals surface area contributed by atoms with Crippen molar-refractivity contribution in [3.05, 3.63) is 23.8 Å². The molecule has 2 heteroatoms. The summed E-state index contributed by atoms with van der Waals surface area (Å²) in [5.41, 5.74) is 0.723. The Balaban J connectivity index is 2.62. The van der Waals surface area contributed by atoms with E-state index in [4.69, 9.17) is 5.11 Å². The molecule has 0 amide bonds. The topological polar surface area (TPSA) is 37.3 Å². The van der Waals surface area contributed by atoms with E-state index in [9.17, 15) is 4.79 Å². The molecule has 0 saturated carbocycles. The zero-order chi connectivity index (χ0) is 7.40. The first-order valence-corrected chi connectivity index (χ1v) is 3.34. The molecule has 54 valence electrons. The van der Waals surface area contributed by atoms with E-state index in [0.717, 1.165) is 18.4 Å². The Morgan fingerprint density at radius 2 is 2.40 bits per heavy atom. The van der Waals surface area contributed by atoms with E-state index < -0.39 is 6.10 Å². The number of allylic oxidation sites excluding steroid dienone is 2. The summed E-state index contributed by atoms with van der Waals surface area (Å²) in [6.07, 6.45) is 7.20. The standard InChI is InChI=1S/C8H10O2/c9-6-8(10)7-4-2-1-3-5-7/h2,4-6,8,10H,1,3H2/t8-/m1/s1. The Morgan fingerprint density at radius 1 is 1.60 bits per heavy atom. The molecule has 0 heterocycles. The normalized spacial score (nSPS) is 19.9. The van der Waals surface area contributed by atoms with Crippen molar-refractivity contribution in [1.29, 1.82) is 0 Å². The van der Waals surface area contributed by atoms with E-state index in [1.807, 2.05) is 12.2 Å². The van der Waals surface area contributed by atoms with Gasteiger partial charge in [-0.2, -0.15) is 0 Å². The highest BCUT2D eigenvalue weighted by atomic mass is 16.3. The molecule has 0 aromatic rings. The van der Waals surface area contributed by atoms with Crippen LogP contribution in [-0.2, 0) is 4.79 Å². The minimum atomic E-state index is -0.920. The van der Waals surface area contributed by atoms with Gasteiger partial charge in [-0.3, -0.25) is 0 Å². The third-order valence-electron chi connectivity index (χ3n) is 1.49. The van der Waals surface area contributed by atoms with Crippen LogP contribution in [0.5, 0.6) is 0 Å². The van der Waals surface area contributed by atoms with Crippen LogP contribution in [0.4, 0.5) is 0 Å². The zero-order valence-corrected chi connectivity index (χ0v) is 5.66. The lowest BCUT2D eigenvalue weighted by Crippen LogP contribution is -2.10. The van der Waals surface area contributed by atoms with Gasteiger partial charge in [-0.05, 0) is 18.4 Å². The van der Waals surface area contributed by atoms with Crippen LogP contribution in [0, 0.1) is 0 Å². The smallest absolute Gasteiger partial charge is 0.153 e. The van der Waals surface area contributed by atoms with Gasteiger partial charge in [0.2, 0.25) is 0 Å². The molecule has 0 fully saturated rings. The summed E-state index contributed by atoms with van der Waals surface area (Å²) in [7, 11) is 0. The Kier molecular flexibility index (Phi) is 2.40. The number of aldehydes is 1. The average Bonchev–Trinajstić information content (AvgIpc) is 2.05. The third-order valence-corrected chi connectivity index (χ3v) is 1.49.